The van der Waals surface area contributed by atoms with E-state index in [-0.39, 0.29) is 27.3 Å². The van der Waals surface area contributed by atoms with Gasteiger partial charge in [0.05, 0.1) is 9.37 Å². The highest BCUT2D eigenvalue weighted by molar-refractivity contribution is 9.12. The Labute approximate surface area is 177 Å². The second kappa shape index (κ2) is 7.67. The minimum Gasteiger partial charge on any atom is -0.744 e. The van der Waals surface area contributed by atoms with E-state index in [0.717, 1.165) is 6.07 Å². The molecule has 0 spiro atoms. The fourth-order valence-corrected chi connectivity index (χ4v) is 4.28. The summed E-state index contributed by atoms with van der Waals surface area (Å²) in [6.45, 7) is 0. The molecule has 0 aromatic heterocycles. The summed E-state index contributed by atoms with van der Waals surface area (Å²) in [5.41, 5.74) is 1.26. The van der Waals surface area contributed by atoms with E-state index >= 15 is 0 Å². The van der Waals surface area contributed by atoms with E-state index in [1.165, 1.54) is 24.3 Å². The van der Waals surface area contributed by atoms with Gasteiger partial charge < -0.3 is 14.8 Å². The third kappa shape index (κ3) is 4.12. The normalized spacial score (nSPS) is 16.1. The number of hydrogen-bond donors (Lipinski definition) is 2. The molecule has 3 N–H and O–H groups in total. The first kappa shape index (κ1) is 20.5. The molecule has 144 valence electrons. The van der Waals surface area contributed by atoms with Crippen molar-refractivity contribution in [1.29, 1.82) is 0 Å². The third-order valence-corrected chi connectivity index (χ3v) is 6.13. The Morgan fingerprint density at radius 1 is 1.04 bits per heavy atom. The molecule has 2 aromatic rings. The van der Waals surface area contributed by atoms with Crippen LogP contribution in [0.15, 0.2) is 74.0 Å². The number of halogens is 2. The van der Waals surface area contributed by atoms with Crippen LogP contribution in [-0.2, 0) is 10.1 Å². The van der Waals surface area contributed by atoms with Gasteiger partial charge in [0, 0.05) is 11.6 Å². The molecule has 6 nitrogen and oxygen atoms in total. The number of rotatable bonds is 3. The highest BCUT2D eigenvalue weighted by atomic mass is 79.9. The van der Waals surface area contributed by atoms with E-state index < -0.39 is 15.0 Å². The van der Waals surface area contributed by atoms with E-state index in [4.69, 9.17) is 0 Å². The van der Waals surface area contributed by atoms with Crippen LogP contribution in [0.3, 0.4) is 0 Å². The van der Waals surface area contributed by atoms with Crippen molar-refractivity contribution >= 4 is 53.3 Å². The molecule has 3 rings (SSSR count). The van der Waals surface area contributed by atoms with Gasteiger partial charge in [-0.3, -0.25) is 4.79 Å². The summed E-state index contributed by atoms with van der Waals surface area (Å²) in [6, 6.07) is 8.14. The van der Waals surface area contributed by atoms with Crippen LogP contribution in [0.1, 0.15) is 11.1 Å². The Morgan fingerprint density at radius 3 is 2.25 bits per heavy atom. The predicted molar refractivity (Wildman–Crippen MR) is 111 cm³/mol. The standard InChI is InChI=1S/C19H12Br2O6S/c20-14-7-11(3-6-16(14)23)19(10-1-4-12(22)5-2-10)13-8-17(24)15(21)9-18(13)28(25,26)27/h1-9,22,24H,(H,25,26,27)/b19-11+. The number of allylic oxidation sites excluding steroid dienone is 5. The molecular formula is C19H12Br2O6S. The summed E-state index contributed by atoms with van der Waals surface area (Å²) < 4.78 is 36.1. The molecule has 0 heterocycles. The summed E-state index contributed by atoms with van der Waals surface area (Å²) in [6.07, 6.45) is 4.50. The van der Waals surface area contributed by atoms with Crippen LogP contribution in [0.4, 0.5) is 0 Å². The first-order valence-corrected chi connectivity index (χ1v) is 10.7. The number of ketones is 1. The molecule has 0 atom stereocenters. The fourth-order valence-electron chi connectivity index (χ4n) is 2.71. The molecule has 0 saturated heterocycles. The van der Waals surface area contributed by atoms with Gasteiger partial charge in [-0.25, -0.2) is 8.42 Å². The Morgan fingerprint density at radius 2 is 1.68 bits per heavy atom. The number of benzene rings is 2. The molecule has 0 fully saturated rings. The van der Waals surface area contributed by atoms with Crippen molar-refractivity contribution in [2.24, 2.45) is 0 Å². The maximum atomic E-state index is 11.9. The van der Waals surface area contributed by atoms with Crippen molar-refractivity contribution < 1.29 is 28.0 Å². The monoisotopic (exact) mass is 526 g/mol. The molecule has 28 heavy (non-hydrogen) atoms. The summed E-state index contributed by atoms with van der Waals surface area (Å²) in [4.78, 5) is 9.26. The molecule has 0 aliphatic heterocycles. The van der Waals surface area contributed by atoms with Crippen molar-refractivity contribution in [2.75, 3.05) is 0 Å². The van der Waals surface area contributed by atoms with Crippen LogP contribution in [0.25, 0.3) is 5.57 Å². The van der Waals surface area contributed by atoms with Gasteiger partial charge in [0.25, 0.3) is 0 Å². The third-order valence-electron chi connectivity index (χ3n) is 3.98. The molecule has 9 heteroatoms. The van der Waals surface area contributed by atoms with Crippen molar-refractivity contribution in [2.45, 2.75) is 4.90 Å². The lowest BCUT2D eigenvalue weighted by molar-refractivity contribution is 0.460. The molecule has 2 aromatic carbocycles. The Balaban J connectivity index is 2.43. The summed E-state index contributed by atoms with van der Waals surface area (Å²) >= 11 is 6.24. The summed E-state index contributed by atoms with van der Waals surface area (Å²) in [5.74, 6) is -0.272. The van der Waals surface area contributed by atoms with Crippen LogP contribution in [0.5, 0.6) is 11.5 Å². The molecule has 1 aliphatic carbocycles. The number of hydrogen-bond acceptors (Lipinski definition) is 5. The molecule has 0 unspecified atom stereocenters. The van der Waals surface area contributed by atoms with Gasteiger partial charge >= 0.3 is 5.78 Å². The van der Waals surface area contributed by atoms with E-state index in [2.05, 4.69) is 31.9 Å². The van der Waals surface area contributed by atoms with Gasteiger partial charge in [-0.15, -0.1) is 0 Å². The van der Waals surface area contributed by atoms with Crippen LogP contribution < -0.4 is 0 Å². The highest BCUT2D eigenvalue weighted by Crippen LogP contribution is 2.39. The van der Waals surface area contributed by atoms with Crippen LogP contribution in [0, 0.1) is 0 Å². The predicted octanol–water partition coefficient (Wildman–Crippen LogP) is 3.96. The minimum absolute atomic E-state index is 0.00492. The van der Waals surface area contributed by atoms with Crippen molar-refractivity contribution in [3.05, 3.63) is 80.3 Å². The summed E-state index contributed by atoms with van der Waals surface area (Å²) in [5, 5.41) is 19.7. The number of phenols is 2. The van der Waals surface area contributed by atoms with Gasteiger partial charge in [0.1, 0.15) is 26.1 Å². The highest BCUT2D eigenvalue weighted by Gasteiger charge is 2.22. The molecule has 0 amide bonds. The molecule has 0 bridgehead atoms. The minimum atomic E-state index is -4.88. The maximum Gasteiger partial charge on any atom is 0.354 e. The summed E-state index contributed by atoms with van der Waals surface area (Å²) in [7, 11) is -4.88. The lowest BCUT2D eigenvalue weighted by atomic mass is 9.90. The van der Waals surface area contributed by atoms with E-state index in [1.807, 2.05) is 0 Å². The van der Waals surface area contributed by atoms with Crippen LogP contribution in [0.2, 0.25) is 0 Å². The SMILES string of the molecule is O=S(=O)([O-])c1cc(Br)c(O)cc1/C(=C1\C=CC(=[OH+])C(Br)=C1)c1ccc(O)cc1. The topological polar surface area (TPSA) is 119 Å². The first-order chi connectivity index (χ1) is 13.1. The molecular weight excluding hydrogens is 516 g/mol. The molecule has 0 radical (unpaired) electrons. The first-order valence-electron chi connectivity index (χ1n) is 7.72. The van der Waals surface area contributed by atoms with Gasteiger partial charge in [0.15, 0.2) is 0 Å². The van der Waals surface area contributed by atoms with Crippen LogP contribution >= 0.6 is 31.9 Å². The number of phenolic OH excluding ortho intramolecular Hbond substituents is 2. The Hall–Kier alpha value is -2.20. The Bertz CT molecular complexity index is 1180. The molecule has 0 saturated carbocycles. The van der Waals surface area contributed by atoms with Gasteiger partial charge in [-0.2, -0.15) is 0 Å². The molecule has 1 aliphatic rings. The second-order valence-corrected chi connectivity index (χ2v) is 8.90. The van der Waals surface area contributed by atoms with E-state index in [9.17, 15) is 28.0 Å². The number of carbonyl (C=O) groups excluding carboxylic acids is 1. The average molecular weight is 528 g/mol. The van der Waals surface area contributed by atoms with E-state index in [0.29, 0.717) is 21.2 Å². The maximum absolute atomic E-state index is 11.9. The van der Waals surface area contributed by atoms with Gasteiger partial charge in [-0.1, -0.05) is 12.1 Å². The second-order valence-electron chi connectivity index (χ2n) is 5.84. The van der Waals surface area contributed by atoms with Crippen LogP contribution in [-0.4, -0.2) is 33.8 Å². The lowest BCUT2D eigenvalue weighted by Crippen LogP contribution is -2.07. The largest absolute Gasteiger partial charge is 0.744 e. The van der Waals surface area contributed by atoms with E-state index in [1.54, 1.807) is 24.3 Å². The zero-order valence-electron chi connectivity index (χ0n) is 13.9. The van der Waals surface area contributed by atoms with Gasteiger partial charge in [-0.05, 0) is 85.0 Å². The Kier molecular flexibility index (Phi) is 5.62. The quantitative estimate of drug-likeness (QED) is 0.462. The van der Waals surface area contributed by atoms with Crippen molar-refractivity contribution in [3.63, 3.8) is 0 Å². The average Bonchev–Trinajstić information content (AvgIpc) is 2.61. The lowest BCUT2D eigenvalue weighted by Gasteiger charge is -2.19. The van der Waals surface area contributed by atoms with Crippen molar-refractivity contribution in [3.8, 4) is 11.5 Å². The smallest absolute Gasteiger partial charge is 0.354 e. The number of aromatic hydroxyl groups is 2. The van der Waals surface area contributed by atoms with Gasteiger partial charge in [0.2, 0.25) is 0 Å². The zero-order chi connectivity index (χ0) is 20.6. The fraction of sp³-hybridized carbons (Fsp3) is 0. The zero-order valence-corrected chi connectivity index (χ0v) is 17.9. The van der Waals surface area contributed by atoms with Crippen molar-refractivity contribution in [1.82, 2.24) is 0 Å².